The molecule has 2 aromatic rings. The van der Waals surface area contributed by atoms with Crippen LogP contribution in [0.25, 0.3) is 0 Å². The minimum absolute atomic E-state index is 0. The molecule has 0 saturated carbocycles. The molecule has 0 spiro atoms. The average molecular weight is 470 g/mol. The lowest BCUT2D eigenvalue weighted by Gasteiger charge is -2.35. The number of halogens is 1. The highest BCUT2D eigenvalue weighted by Gasteiger charge is 2.25. The van der Waals surface area contributed by atoms with E-state index in [2.05, 4.69) is 51.4 Å². The van der Waals surface area contributed by atoms with Crippen molar-refractivity contribution in [3.05, 3.63) is 52.7 Å². The summed E-state index contributed by atoms with van der Waals surface area (Å²) in [5, 5.41) is 3.35. The average Bonchev–Trinajstić information content (AvgIpc) is 2.94. The van der Waals surface area contributed by atoms with Crippen LogP contribution in [-0.2, 0) is 11.3 Å². The zero-order valence-electron chi connectivity index (χ0n) is 15.8. The standard InChI is InChI=1S/C19H26N4O2.HI/c1-13-7-5-6-8-16(13)17-12-23(9-10-24-17)19(20-4)21-11-18-22-14(2)15(3)25-18;/h5-8,17H,9-12H2,1-4H3,(H,20,21);1H. The van der Waals surface area contributed by atoms with E-state index < -0.39 is 0 Å². The van der Waals surface area contributed by atoms with Gasteiger partial charge in [0.25, 0.3) is 0 Å². The summed E-state index contributed by atoms with van der Waals surface area (Å²) in [6.45, 7) is 8.78. The van der Waals surface area contributed by atoms with Crippen LogP contribution in [0.4, 0.5) is 0 Å². The number of aromatic nitrogens is 1. The van der Waals surface area contributed by atoms with E-state index in [9.17, 15) is 0 Å². The molecule has 7 heteroatoms. The quantitative estimate of drug-likeness (QED) is 0.424. The highest BCUT2D eigenvalue weighted by atomic mass is 127. The first-order chi connectivity index (χ1) is 12.1. The molecule has 3 rings (SSSR count). The summed E-state index contributed by atoms with van der Waals surface area (Å²) in [4.78, 5) is 11.0. The fraction of sp³-hybridized carbons (Fsp3) is 0.474. The van der Waals surface area contributed by atoms with Crippen LogP contribution in [0.5, 0.6) is 0 Å². The Kier molecular flexibility index (Phi) is 7.45. The van der Waals surface area contributed by atoms with Gasteiger partial charge in [0.15, 0.2) is 5.96 Å². The number of oxazole rings is 1. The van der Waals surface area contributed by atoms with Gasteiger partial charge in [0.1, 0.15) is 11.9 Å². The van der Waals surface area contributed by atoms with E-state index in [0.29, 0.717) is 19.0 Å². The third-order valence-electron chi connectivity index (χ3n) is 4.58. The summed E-state index contributed by atoms with van der Waals surface area (Å²) in [6.07, 6.45) is 0.0553. The Morgan fingerprint density at radius 1 is 1.31 bits per heavy atom. The molecule has 1 saturated heterocycles. The van der Waals surface area contributed by atoms with Gasteiger partial charge < -0.3 is 19.4 Å². The highest BCUT2D eigenvalue weighted by molar-refractivity contribution is 14.0. The molecule has 1 fully saturated rings. The number of aliphatic imine (C=N–C) groups is 1. The maximum Gasteiger partial charge on any atom is 0.214 e. The Hall–Kier alpha value is -1.61. The van der Waals surface area contributed by atoms with Gasteiger partial charge >= 0.3 is 0 Å². The highest BCUT2D eigenvalue weighted by Crippen LogP contribution is 2.25. The monoisotopic (exact) mass is 470 g/mol. The molecule has 1 aliphatic rings. The first kappa shape index (κ1) is 20.7. The summed E-state index contributed by atoms with van der Waals surface area (Å²) < 4.78 is 11.6. The van der Waals surface area contributed by atoms with Gasteiger partial charge in [0.2, 0.25) is 5.89 Å². The minimum Gasteiger partial charge on any atom is -0.444 e. The molecule has 1 aliphatic heterocycles. The number of guanidine groups is 1. The molecule has 0 bridgehead atoms. The number of nitrogens with one attached hydrogen (secondary N) is 1. The Morgan fingerprint density at radius 3 is 2.73 bits per heavy atom. The molecule has 6 nitrogen and oxygen atoms in total. The van der Waals surface area contributed by atoms with Crippen molar-refractivity contribution in [3.63, 3.8) is 0 Å². The van der Waals surface area contributed by atoms with Crippen LogP contribution >= 0.6 is 24.0 Å². The molecule has 0 amide bonds. The second-order valence-corrected chi connectivity index (χ2v) is 6.31. The predicted octanol–water partition coefficient (Wildman–Crippen LogP) is 3.37. The van der Waals surface area contributed by atoms with Crippen molar-refractivity contribution in [1.29, 1.82) is 0 Å². The fourth-order valence-corrected chi connectivity index (χ4v) is 3.08. The van der Waals surface area contributed by atoms with Gasteiger partial charge in [-0.1, -0.05) is 24.3 Å². The van der Waals surface area contributed by atoms with Gasteiger partial charge in [-0.2, -0.15) is 0 Å². The summed E-state index contributed by atoms with van der Waals surface area (Å²) in [5.41, 5.74) is 3.42. The third-order valence-corrected chi connectivity index (χ3v) is 4.58. The van der Waals surface area contributed by atoms with E-state index in [0.717, 1.165) is 30.5 Å². The number of hydrogen-bond donors (Lipinski definition) is 1. The Bertz CT molecular complexity index is 740. The number of nitrogens with zero attached hydrogens (tertiary/aromatic N) is 3. The molecule has 2 heterocycles. The van der Waals surface area contributed by atoms with Crippen molar-refractivity contribution in [2.45, 2.75) is 33.4 Å². The van der Waals surface area contributed by atoms with E-state index in [4.69, 9.17) is 9.15 Å². The predicted molar refractivity (Wildman–Crippen MR) is 113 cm³/mol. The molecular weight excluding hydrogens is 443 g/mol. The van der Waals surface area contributed by atoms with E-state index in [1.54, 1.807) is 7.05 Å². The maximum atomic E-state index is 6.00. The summed E-state index contributed by atoms with van der Waals surface area (Å²) >= 11 is 0. The third kappa shape index (κ3) is 4.76. The van der Waals surface area contributed by atoms with Crippen molar-refractivity contribution in [3.8, 4) is 0 Å². The molecule has 142 valence electrons. The van der Waals surface area contributed by atoms with Crippen LogP contribution < -0.4 is 5.32 Å². The zero-order chi connectivity index (χ0) is 17.8. The molecule has 1 unspecified atom stereocenters. The van der Waals surface area contributed by atoms with Gasteiger partial charge in [0, 0.05) is 13.6 Å². The van der Waals surface area contributed by atoms with Gasteiger partial charge in [0.05, 0.1) is 25.4 Å². The minimum atomic E-state index is 0. The van der Waals surface area contributed by atoms with E-state index in [1.807, 2.05) is 13.8 Å². The largest absolute Gasteiger partial charge is 0.444 e. The number of benzene rings is 1. The Balaban J connectivity index is 0.00000243. The second kappa shape index (κ2) is 9.36. The maximum absolute atomic E-state index is 6.00. The van der Waals surface area contributed by atoms with Gasteiger partial charge in [-0.05, 0) is 31.9 Å². The topological polar surface area (TPSA) is 62.9 Å². The summed E-state index contributed by atoms with van der Waals surface area (Å²) in [5.74, 6) is 2.38. The first-order valence-corrected chi connectivity index (χ1v) is 8.64. The van der Waals surface area contributed by atoms with Crippen LogP contribution in [-0.4, -0.2) is 42.6 Å². The van der Waals surface area contributed by atoms with E-state index >= 15 is 0 Å². The zero-order valence-corrected chi connectivity index (χ0v) is 18.1. The van der Waals surface area contributed by atoms with Crippen molar-refractivity contribution in [1.82, 2.24) is 15.2 Å². The van der Waals surface area contributed by atoms with Crippen LogP contribution in [0.3, 0.4) is 0 Å². The number of morpholine rings is 1. The SMILES string of the molecule is CN=C(NCc1nc(C)c(C)o1)N1CCOC(c2ccccc2C)C1.I. The molecule has 1 N–H and O–H groups in total. The Morgan fingerprint density at radius 2 is 2.08 bits per heavy atom. The van der Waals surface area contributed by atoms with Crippen LogP contribution in [0.15, 0.2) is 33.7 Å². The van der Waals surface area contributed by atoms with Crippen LogP contribution in [0, 0.1) is 20.8 Å². The van der Waals surface area contributed by atoms with E-state index in [1.165, 1.54) is 11.1 Å². The molecule has 1 aromatic heterocycles. The van der Waals surface area contributed by atoms with Gasteiger partial charge in [-0.15, -0.1) is 24.0 Å². The molecule has 26 heavy (non-hydrogen) atoms. The molecule has 0 radical (unpaired) electrons. The summed E-state index contributed by atoms with van der Waals surface area (Å²) in [6, 6.07) is 8.38. The number of aryl methyl sites for hydroxylation is 3. The Labute approximate surface area is 172 Å². The number of hydrogen-bond acceptors (Lipinski definition) is 4. The lowest BCUT2D eigenvalue weighted by atomic mass is 10.0. The number of rotatable bonds is 3. The van der Waals surface area contributed by atoms with Crippen molar-refractivity contribution in [2.75, 3.05) is 26.7 Å². The number of ether oxygens (including phenoxy) is 1. The summed E-state index contributed by atoms with van der Waals surface area (Å²) in [7, 11) is 1.80. The molecule has 1 atom stereocenters. The van der Waals surface area contributed by atoms with Gasteiger partial charge in [-0.25, -0.2) is 4.98 Å². The second-order valence-electron chi connectivity index (χ2n) is 6.31. The van der Waals surface area contributed by atoms with Crippen molar-refractivity contribution < 1.29 is 9.15 Å². The molecular formula is C19H27IN4O2. The van der Waals surface area contributed by atoms with Crippen LogP contribution in [0.1, 0.15) is 34.6 Å². The lowest BCUT2D eigenvalue weighted by Crippen LogP contribution is -2.48. The van der Waals surface area contributed by atoms with Crippen molar-refractivity contribution >= 4 is 29.9 Å². The van der Waals surface area contributed by atoms with Gasteiger partial charge in [-0.3, -0.25) is 4.99 Å². The van der Waals surface area contributed by atoms with Crippen LogP contribution in [0.2, 0.25) is 0 Å². The smallest absolute Gasteiger partial charge is 0.214 e. The molecule has 0 aliphatic carbocycles. The normalized spacial score (nSPS) is 17.8. The van der Waals surface area contributed by atoms with E-state index in [-0.39, 0.29) is 30.1 Å². The first-order valence-electron chi connectivity index (χ1n) is 8.64. The lowest BCUT2D eigenvalue weighted by molar-refractivity contribution is -0.00837. The molecule has 1 aromatic carbocycles. The fourth-order valence-electron chi connectivity index (χ4n) is 3.08. The van der Waals surface area contributed by atoms with Crippen molar-refractivity contribution in [2.24, 2.45) is 4.99 Å².